The summed E-state index contributed by atoms with van der Waals surface area (Å²) in [6.07, 6.45) is 5.30. The van der Waals surface area contributed by atoms with Gasteiger partial charge in [0.05, 0.1) is 24.0 Å². The lowest BCUT2D eigenvalue weighted by Gasteiger charge is -2.20. The number of ether oxygens (including phenoxy) is 1. The van der Waals surface area contributed by atoms with Crippen LogP contribution in [0.1, 0.15) is 23.0 Å². The molecule has 1 aliphatic heterocycles. The van der Waals surface area contributed by atoms with Gasteiger partial charge < -0.3 is 15.4 Å². The highest BCUT2D eigenvalue weighted by molar-refractivity contribution is 5.48. The molecule has 0 saturated heterocycles. The quantitative estimate of drug-likeness (QED) is 0.868. The molecule has 6 heteroatoms. The first-order chi connectivity index (χ1) is 10.9. The Labute approximate surface area is 130 Å². The second kappa shape index (κ2) is 7.29. The van der Waals surface area contributed by atoms with Crippen LogP contribution in [0.2, 0.25) is 0 Å². The van der Waals surface area contributed by atoms with Crippen LogP contribution >= 0.6 is 0 Å². The molecule has 2 N–H and O–H groups in total. The number of aromatic nitrogens is 3. The van der Waals surface area contributed by atoms with Crippen molar-refractivity contribution >= 4 is 5.82 Å². The van der Waals surface area contributed by atoms with Gasteiger partial charge in [-0.05, 0) is 25.1 Å². The van der Waals surface area contributed by atoms with Gasteiger partial charge in [-0.15, -0.1) is 0 Å². The summed E-state index contributed by atoms with van der Waals surface area (Å²) in [4.78, 5) is 13.3. The highest BCUT2D eigenvalue weighted by Crippen LogP contribution is 2.23. The molecule has 1 atom stereocenters. The molecular weight excluding hydrogens is 278 g/mol. The number of hydrogen-bond acceptors (Lipinski definition) is 6. The van der Waals surface area contributed by atoms with E-state index in [9.17, 15) is 0 Å². The molecule has 116 valence electrons. The van der Waals surface area contributed by atoms with E-state index in [1.54, 1.807) is 19.6 Å². The summed E-state index contributed by atoms with van der Waals surface area (Å²) >= 11 is 0. The normalized spacial score (nSPS) is 15.7. The van der Waals surface area contributed by atoms with E-state index in [0.717, 1.165) is 43.1 Å². The molecule has 2 aromatic heterocycles. The molecule has 0 amide bonds. The Kier molecular flexibility index (Phi) is 4.92. The van der Waals surface area contributed by atoms with Crippen molar-refractivity contribution in [1.29, 1.82) is 0 Å². The molecular formula is C16H21N5O. The van der Waals surface area contributed by atoms with Gasteiger partial charge in [0.2, 0.25) is 0 Å². The van der Waals surface area contributed by atoms with Crippen LogP contribution in [0, 0.1) is 0 Å². The Morgan fingerprint density at radius 1 is 1.23 bits per heavy atom. The summed E-state index contributed by atoms with van der Waals surface area (Å²) in [5.41, 5.74) is 3.27. The molecule has 0 radical (unpaired) electrons. The number of fused-ring (bicyclic) bond motifs is 1. The van der Waals surface area contributed by atoms with E-state index in [1.165, 1.54) is 5.56 Å². The molecule has 22 heavy (non-hydrogen) atoms. The molecule has 1 aliphatic rings. The van der Waals surface area contributed by atoms with Crippen molar-refractivity contribution in [2.45, 2.75) is 18.9 Å². The zero-order valence-corrected chi connectivity index (χ0v) is 12.7. The molecule has 0 saturated carbocycles. The Hall–Kier alpha value is -2.05. The van der Waals surface area contributed by atoms with E-state index in [-0.39, 0.29) is 6.04 Å². The van der Waals surface area contributed by atoms with Gasteiger partial charge in [-0.3, -0.25) is 4.98 Å². The minimum Gasteiger partial charge on any atom is -0.382 e. The van der Waals surface area contributed by atoms with Crippen molar-refractivity contribution in [2.75, 3.05) is 32.1 Å². The summed E-state index contributed by atoms with van der Waals surface area (Å²) in [5.74, 6) is 0.890. The van der Waals surface area contributed by atoms with Crippen LogP contribution in [0.5, 0.6) is 0 Å². The summed E-state index contributed by atoms with van der Waals surface area (Å²) in [6.45, 7) is 2.45. The smallest absolute Gasteiger partial charge is 0.133 e. The van der Waals surface area contributed by atoms with Gasteiger partial charge in [0.1, 0.15) is 12.1 Å². The van der Waals surface area contributed by atoms with Gasteiger partial charge in [-0.2, -0.15) is 0 Å². The van der Waals surface area contributed by atoms with E-state index in [4.69, 9.17) is 4.74 Å². The summed E-state index contributed by atoms with van der Waals surface area (Å²) in [5, 5.41) is 6.88. The third-order valence-corrected chi connectivity index (χ3v) is 3.81. The fourth-order valence-electron chi connectivity index (χ4n) is 2.71. The zero-order valence-electron chi connectivity index (χ0n) is 12.7. The van der Waals surface area contributed by atoms with Crippen LogP contribution in [0.3, 0.4) is 0 Å². The number of nitrogens with one attached hydrogen (secondary N) is 2. The predicted octanol–water partition coefficient (Wildman–Crippen LogP) is 1.36. The zero-order chi connectivity index (χ0) is 15.2. The summed E-state index contributed by atoms with van der Waals surface area (Å²) in [7, 11) is 1.70. The third kappa shape index (κ3) is 3.40. The van der Waals surface area contributed by atoms with Crippen LogP contribution in [0.15, 0.2) is 30.7 Å². The fourth-order valence-corrected chi connectivity index (χ4v) is 2.71. The average Bonchev–Trinajstić information content (AvgIpc) is 2.81. The number of pyridine rings is 1. The predicted molar refractivity (Wildman–Crippen MR) is 84.8 cm³/mol. The Bertz CT molecular complexity index is 605. The van der Waals surface area contributed by atoms with Crippen LogP contribution in [0.25, 0.3) is 0 Å². The fraction of sp³-hybridized carbons (Fsp3) is 0.438. The maximum atomic E-state index is 5.34. The van der Waals surface area contributed by atoms with Crippen LogP contribution < -0.4 is 10.6 Å². The second-order valence-electron chi connectivity index (χ2n) is 5.30. The molecule has 0 spiro atoms. The third-order valence-electron chi connectivity index (χ3n) is 3.81. The van der Waals surface area contributed by atoms with Gasteiger partial charge in [0.15, 0.2) is 0 Å². The first kappa shape index (κ1) is 14.9. The number of nitrogens with zero attached hydrogens (tertiary/aromatic N) is 3. The van der Waals surface area contributed by atoms with E-state index < -0.39 is 0 Å². The first-order valence-electron chi connectivity index (χ1n) is 7.58. The molecule has 0 aromatic carbocycles. The Morgan fingerprint density at radius 2 is 2.14 bits per heavy atom. The average molecular weight is 299 g/mol. The van der Waals surface area contributed by atoms with Gasteiger partial charge in [0, 0.05) is 31.8 Å². The van der Waals surface area contributed by atoms with Gasteiger partial charge in [-0.25, -0.2) is 9.97 Å². The van der Waals surface area contributed by atoms with E-state index in [0.29, 0.717) is 6.61 Å². The highest BCUT2D eigenvalue weighted by atomic mass is 16.5. The number of methoxy groups -OCH3 is 1. The van der Waals surface area contributed by atoms with E-state index >= 15 is 0 Å². The lowest BCUT2D eigenvalue weighted by atomic mass is 10.1. The minimum atomic E-state index is -0.0265. The van der Waals surface area contributed by atoms with Gasteiger partial charge in [0.25, 0.3) is 0 Å². The van der Waals surface area contributed by atoms with Crippen LogP contribution in [-0.4, -0.2) is 41.8 Å². The second-order valence-corrected chi connectivity index (χ2v) is 5.30. The van der Waals surface area contributed by atoms with Crippen molar-refractivity contribution in [3.63, 3.8) is 0 Å². The largest absolute Gasteiger partial charge is 0.382 e. The molecule has 2 aromatic rings. The van der Waals surface area contributed by atoms with Crippen LogP contribution in [0.4, 0.5) is 5.82 Å². The lowest BCUT2D eigenvalue weighted by Crippen LogP contribution is -2.20. The number of rotatable bonds is 5. The molecule has 3 rings (SSSR count). The maximum Gasteiger partial charge on any atom is 0.133 e. The van der Waals surface area contributed by atoms with E-state index in [2.05, 4.69) is 25.6 Å². The van der Waals surface area contributed by atoms with Crippen molar-refractivity contribution < 1.29 is 4.74 Å². The minimum absolute atomic E-state index is 0.0265. The SMILES string of the molecule is COC[C@H](Nc1ncnc2c1CCNCC2)c1ccccn1. The first-order valence-corrected chi connectivity index (χ1v) is 7.58. The molecule has 0 unspecified atom stereocenters. The Morgan fingerprint density at radius 3 is 2.95 bits per heavy atom. The lowest BCUT2D eigenvalue weighted by molar-refractivity contribution is 0.185. The number of hydrogen-bond donors (Lipinski definition) is 2. The van der Waals surface area contributed by atoms with E-state index in [1.807, 2.05) is 18.2 Å². The van der Waals surface area contributed by atoms with Crippen molar-refractivity contribution in [3.05, 3.63) is 47.7 Å². The molecule has 6 nitrogen and oxygen atoms in total. The highest BCUT2D eigenvalue weighted by Gasteiger charge is 2.18. The van der Waals surface area contributed by atoms with Gasteiger partial charge in [-0.1, -0.05) is 6.07 Å². The number of anilines is 1. The van der Waals surface area contributed by atoms with Crippen molar-refractivity contribution in [3.8, 4) is 0 Å². The van der Waals surface area contributed by atoms with Crippen molar-refractivity contribution in [1.82, 2.24) is 20.3 Å². The molecule has 0 fully saturated rings. The maximum absolute atomic E-state index is 5.34. The van der Waals surface area contributed by atoms with Gasteiger partial charge >= 0.3 is 0 Å². The van der Waals surface area contributed by atoms with Crippen LogP contribution in [-0.2, 0) is 17.6 Å². The molecule has 0 bridgehead atoms. The topological polar surface area (TPSA) is 72.0 Å². The Balaban J connectivity index is 1.87. The summed E-state index contributed by atoms with van der Waals surface area (Å²) < 4.78 is 5.34. The standard InChI is InChI=1S/C16H21N5O/c1-22-10-15(14-4-2-3-7-18-14)21-16-12-5-8-17-9-6-13(12)19-11-20-16/h2-4,7,11,15,17H,5-6,8-10H2,1H3,(H,19,20,21)/t15-/m0/s1. The molecule has 0 aliphatic carbocycles. The summed E-state index contributed by atoms with van der Waals surface area (Å²) in [6, 6.07) is 5.87. The molecule has 3 heterocycles. The van der Waals surface area contributed by atoms with Crippen molar-refractivity contribution in [2.24, 2.45) is 0 Å². The monoisotopic (exact) mass is 299 g/mol.